The van der Waals surface area contributed by atoms with E-state index in [-0.39, 0.29) is 0 Å². The van der Waals surface area contributed by atoms with E-state index in [9.17, 15) is 9.90 Å². The Morgan fingerprint density at radius 2 is 1.95 bits per heavy atom. The third kappa shape index (κ3) is 3.28. The first-order valence-corrected chi connectivity index (χ1v) is 6.75. The standard InChI is InChI=1S/C16H16ClNO3/c1-16(15(19)20,11-5-3-6-12(17)9-11)18-13-7-4-8-14(10-13)21-2/h3-10,18H,1-2H3,(H,19,20). The van der Waals surface area contributed by atoms with Gasteiger partial charge in [0.25, 0.3) is 0 Å². The molecule has 0 spiro atoms. The molecule has 0 fully saturated rings. The monoisotopic (exact) mass is 305 g/mol. The second-order valence-electron chi connectivity index (χ2n) is 4.80. The summed E-state index contributed by atoms with van der Waals surface area (Å²) >= 11 is 5.97. The van der Waals surface area contributed by atoms with Crippen molar-refractivity contribution in [1.29, 1.82) is 0 Å². The fraction of sp³-hybridized carbons (Fsp3) is 0.188. The summed E-state index contributed by atoms with van der Waals surface area (Å²) in [5.41, 5.74) is -0.0679. The predicted octanol–water partition coefficient (Wildman–Crippen LogP) is 3.76. The van der Waals surface area contributed by atoms with E-state index in [0.29, 0.717) is 22.0 Å². The number of benzene rings is 2. The summed E-state index contributed by atoms with van der Waals surface area (Å²) in [7, 11) is 1.56. The molecule has 1 unspecified atom stereocenters. The number of halogens is 1. The molecule has 0 bridgehead atoms. The summed E-state index contributed by atoms with van der Waals surface area (Å²) in [6, 6.07) is 13.9. The summed E-state index contributed by atoms with van der Waals surface area (Å²) in [6.45, 7) is 1.60. The van der Waals surface area contributed by atoms with Gasteiger partial charge in [0.05, 0.1) is 7.11 Å². The fourth-order valence-corrected chi connectivity index (χ4v) is 2.23. The minimum Gasteiger partial charge on any atom is -0.497 e. The zero-order chi connectivity index (χ0) is 15.5. The molecule has 2 aromatic carbocycles. The van der Waals surface area contributed by atoms with Crippen LogP contribution in [0.3, 0.4) is 0 Å². The van der Waals surface area contributed by atoms with E-state index in [1.807, 2.05) is 0 Å². The van der Waals surface area contributed by atoms with Gasteiger partial charge >= 0.3 is 5.97 Å². The number of carboxylic acids is 1. The van der Waals surface area contributed by atoms with Crippen LogP contribution in [0.25, 0.3) is 0 Å². The third-order valence-electron chi connectivity index (χ3n) is 3.29. The molecule has 4 nitrogen and oxygen atoms in total. The van der Waals surface area contributed by atoms with Gasteiger partial charge in [-0.2, -0.15) is 0 Å². The molecule has 0 saturated carbocycles. The number of hydrogen-bond donors (Lipinski definition) is 2. The highest BCUT2D eigenvalue weighted by Gasteiger charge is 2.35. The summed E-state index contributed by atoms with van der Waals surface area (Å²) < 4.78 is 5.15. The van der Waals surface area contributed by atoms with Crippen LogP contribution in [0.5, 0.6) is 5.75 Å². The fourth-order valence-electron chi connectivity index (χ4n) is 2.04. The van der Waals surface area contributed by atoms with Crippen molar-refractivity contribution >= 4 is 23.3 Å². The molecule has 0 aliphatic rings. The topological polar surface area (TPSA) is 58.6 Å². The highest BCUT2D eigenvalue weighted by atomic mass is 35.5. The highest BCUT2D eigenvalue weighted by Crippen LogP contribution is 2.29. The van der Waals surface area contributed by atoms with E-state index < -0.39 is 11.5 Å². The van der Waals surface area contributed by atoms with Gasteiger partial charge in [0.1, 0.15) is 5.75 Å². The average Bonchev–Trinajstić information content (AvgIpc) is 2.47. The summed E-state index contributed by atoms with van der Waals surface area (Å²) in [4.78, 5) is 11.8. The van der Waals surface area contributed by atoms with Gasteiger partial charge in [-0.3, -0.25) is 0 Å². The predicted molar refractivity (Wildman–Crippen MR) is 83.1 cm³/mol. The van der Waals surface area contributed by atoms with Crippen molar-refractivity contribution in [2.24, 2.45) is 0 Å². The van der Waals surface area contributed by atoms with Crippen LogP contribution in [0, 0.1) is 0 Å². The quantitative estimate of drug-likeness (QED) is 0.883. The van der Waals surface area contributed by atoms with Crippen LogP contribution >= 0.6 is 11.6 Å². The number of anilines is 1. The smallest absolute Gasteiger partial charge is 0.333 e. The van der Waals surface area contributed by atoms with Crippen molar-refractivity contribution in [2.75, 3.05) is 12.4 Å². The van der Waals surface area contributed by atoms with Crippen LogP contribution in [0.1, 0.15) is 12.5 Å². The molecule has 0 aliphatic heterocycles. The lowest BCUT2D eigenvalue weighted by Gasteiger charge is -2.28. The maximum atomic E-state index is 11.8. The minimum atomic E-state index is -1.29. The second kappa shape index (κ2) is 6.06. The molecule has 2 N–H and O–H groups in total. The van der Waals surface area contributed by atoms with E-state index >= 15 is 0 Å². The maximum Gasteiger partial charge on any atom is 0.333 e. The highest BCUT2D eigenvalue weighted by molar-refractivity contribution is 6.30. The van der Waals surface area contributed by atoms with Crippen LogP contribution in [0.4, 0.5) is 5.69 Å². The molecular weight excluding hydrogens is 290 g/mol. The van der Waals surface area contributed by atoms with Crippen molar-refractivity contribution in [1.82, 2.24) is 0 Å². The first-order chi connectivity index (χ1) is 9.95. The summed E-state index contributed by atoms with van der Waals surface area (Å²) in [6.07, 6.45) is 0. The van der Waals surface area contributed by atoms with E-state index in [0.717, 1.165) is 0 Å². The Morgan fingerprint density at radius 3 is 2.57 bits per heavy atom. The van der Waals surface area contributed by atoms with Gasteiger partial charge < -0.3 is 15.2 Å². The number of nitrogens with one attached hydrogen (secondary N) is 1. The lowest BCUT2D eigenvalue weighted by Crippen LogP contribution is -2.40. The Hall–Kier alpha value is -2.20. The molecule has 2 rings (SSSR count). The van der Waals surface area contributed by atoms with Gasteiger partial charge in [-0.1, -0.05) is 29.8 Å². The normalized spacial score (nSPS) is 13.3. The molecule has 110 valence electrons. The number of rotatable bonds is 5. The first-order valence-electron chi connectivity index (χ1n) is 6.37. The van der Waals surface area contributed by atoms with Crippen molar-refractivity contribution < 1.29 is 14.6 Å². The van der Waals surface area contributed by atoms with Gasteiger partial charge in [0.2, 0.25) is 0 Å². The molecule has 21 heavy (non-hydrogen) atoms. The number of hydrogen-bond acceptors (Lipinski definition) is 3. The number of carbonyl (C=O) groups is 1. The zero-order valence-electron chi connectivity index (χ0n) is 11.8. The van der Waals surface area contributed by atoms with Gasteiger partial charge in [-0.25, -0.2) is 4.79 Å². The number of aliphatic carboxylic acids is 1. The molecule has 1 atom stereocenters. The van der Waals surface area contributed by atoms with Crippen molar-refractivity contribution in [2.45, 2.75) is 12.5 Å². The van der Waals surface area contributed by atoms with Gasteiger partial charge in [-0.15, -0.1) is 0 Å². The van der Waals surface area contributed by atoms with Gasteiger partial charge in [0, 0.05) is 16.8 Å². The van der Waals surface area contributed by atoms with Crippen LogP contribution < -0.4 is 10.1 Å². The van der Waals surface area contributed by atoms with Gasteiger partial charge in [-0.05, 0) is 36.8 Å². The molecule has 2 aromatic rings. The second-order valence-corrected chi connectivity index (χ2v) is 5.23. The molecule has 0 heterocycles. The lowest BCUT2D eigenvalue weighted by atomic mass is 9.91. The Labute approximate surface area is 128 Å². The van der Waals surface area contributed by atoms with Crippen LogP contribution in [0.2, 0.25) is 5.02 Å². The maximum absolute atomic E-state index is 11.8. The molecule has 0 radical (unpaired) electrons. The first kappa shape index (κ1) is 15.2. The molecule has 0 aromatic heterocycles. The Balaban J connectivity index is 2.40. The van der Waals surface area contributed by atoms with Crippen molar-refractivity contribution in [3.8, 4) is 5.75 Å². The zero-order valence-corrected chi connectivity index (χ0v) is 12.5. The van der Waals surface area contributed by atoms with Crippen molar-refractivity contribution in [3.05, 3.63) is 59.1 Å². The SMILES string of the molecule is COc1cccc(NC(C)(C(=O)O)c2cccc(Cl)c2)c1. The van der Waals surface area contributed by atoms with Crippen LogP contribution in [-0.4, -0.2) is 18.2 Å². The molecule has 0 amide bonds. The largest absolute Gasteiger partial charge is 0.497 e. The Bertz CT molecular complexity index is 659. The molecule has 0 aliphatic carbocycles. The molecular formula is C16H16ClNO3. The summed E-state index contributed by atoms with van der Waals surface area (Å²) in [5.74, 6) is -0.341. The van der Waals surface area contributed by atoms with Gasteiger partial charge in [0.15, 0.2) is 5.54 Å². The number of methoxy groups -OCH3 is 1. The average molecular weight is 306 g/mol. The summed E-state index contributed by atoms with van der Waals surface area (Å²) in [5, 5.41) is 13.2. The Kier molecular flexibility index (Phi) is 4.38. The lowest BCUT2D eigenvalue weighted by molar-refractivity contribution is -0.142. The van der Waals surface area contributed by atoms with Crippen molar-refractivity contribution in [3.63, 3.8) is 0 Å². The van der Waals surface area contributed by atoms with E-state index in [2.05, 4.69) is 5.32 Å². The molecule has 5 heteroatoms. The van der Waals surface area contributed by atoms with E-state index in [4.69, 9.17) is 16.3 Å². The third-order valence-corrected chi connectivity index (χ3v) is 3.53. The van der Waals surface area contributed by atoms with E-state index in [1.54, 1.807) is 62.6 Å². The minimum absolute atomic E-state index is 0.493. The number of ether oxygens (including phenoxy) is 1. The number of carboxylic acid groups (broad SMARTS) is 1. The van der Waals surface area contributed by atoms with E-state index in [1.165, 1.54) is 0 Å². The van der Waals surface area contributed by atoms with Crippen LogP contribution in [0.15, 0.2) is 48.5 Å². The Morgan fingerprint density at radius 1 is 1.24 bits per heavy atom. The van der Waals surface area contributed by atoms with Crippen LogP contribution in [-0.2, 0) is 10.3 Å². The molecule has 0 saturated heterocycles.